The van der Waals surface area contributed by atoms with E-state index in [-0.39, 0.29) is 18.3 Å². The van der Waals surface area contributed by atoms with Crippen LogP contribution in [-0.4, -0.2) is 39.2 Å². The van der Waals surface area contributed by atoms with E-state index in [2.05, 4.69) is 21.4 Å². The number of allylic oxidation sites excluding steroid dienone is 1. The van der Waals surface area contributed by atoms with Crippen LogP contribution in [0.2, 0.25) is 0 Å². The van der Waals surface area contributed by atoms with E-state index in [0.29, 0.717) is 18.4 Å². The van der Waals surface area contributed by atoms with Crippen molar-refractivity contribution in [2.24, 2.45) is 9.98 Å². The lowest BCUT2D eigenvalue weighted by molar-refractivity contribution is -0.140. The van der Waals surface area contributed by atoms with E-state index in [1.54, 1.807) is 12.2 Å². The summed E-state index contributed by atoms with van der Waals surface area (Å²) in [5.74, 6) is -0.160. The lowest BCUT2D eigenvalue weighted by Crippen LogP contribution is -2.04. The van der Waals surface area contributed by atoms with Gasteiger partial charge in [0.05, 0.1) is 19.8 Å². The van der Waals surface area contributed by atoms with Crippen LogP contribution in [0, 0.1) is 0 Å². The molecule has 98 valence electrons. The van der Waals surface area contributed by atoms with Gasteiger partial charge in [-0.2, -0.15) is 4.99 Å². The first-order chi connectivity index (χ1) is 8.69. The van der Waals surface area contributed by atoms with Crippen LogP contribution in [0.15, 0.2) is 33.9 Å². The molecule has 18 heavy (non-hydrogen) atoms. The summed E-state index contributed by atoms with van der Waals surface area (Å²) in [4.78, 5) is 28.3. The van der Waals surface area contributed by atoms with Crippen LogP contribution in [0.5, 0.6) is 0 Å². The summed E-state index contributed by atoms with van der Waals surface area (Å²) in [5.41, 5.74) is 0.490. The summed E-state index contributed by atoms with van der Waals surface area (Å²) in [6.07, 6.45) is 5.92. The fourth-order valence-corrected chi connectivity index (χ4v) is 1.07. The number of amides is 1. The van der Waals surface area contributed by atoms with Crippen molar-refractivity contribution in [3.05, 3.63) is 23.9 Å². The van der Waals surface area contributed by atoms with Gasteiger partial charge in [0, 0.05) is 12.6 Å². The highest BCUT2D eigenvalue weighted by atomic mass is 16.5. The number of rotatable bonds is 7. The van der Waals surface area contributed by atoms with Crippen molar-refractivity contribution < 1.29 is 19.1 Å². The fraction of sp³-hybridized carbons (Fsp3) is 0.333. The number of hydrogen-bond donors (Lipinski definition) is 0. The molecular weight excluding hydrogens is 236 g/mol. The molecular formula is C12H16N2O4. The van der Waals surface area contributed by atoms with Gasteiger partial charge in [-0.25, -0.2) is 0 Å². The predicted molar refractivity (Wildman–Crippen MR) is 68.5 cm³/mol. The normalized spacial score (nSPS) is 12.3. The molecule has 0 fully saturated rings. The predicted octanol–water partition coefficient (Wildman–Crippen LogP) is 1.28. The first-order valence-electron chi connectivity index (χ1n) is 5.14. The third-order valence-electron chi connectivity index (χ3n) is 1.88. The molecule has 0 N–H and O–H groups in total. The van der Waals surface area contributed by atoms with Crippen molar-refractivity contribution in [2.45, 2.75) is 12.8 Å². The molecule has 0 rings (SSSR count). The second-order valence-corrected chi connectivity index (χ2v) is 3.03. The Kier molecular flexibility index (Phi) is 8.71. The minimum absolute atomic E-state index is 0.131. The molecule has 6 heteroatoms. The van der Waals surface area contributed by atoms with Crippen molar-refractivity contribution in [1.82, 2.24) is 0 Å². The minimum atomic E-state index is -0.291. The minimum Gasteiger partial charge on any atom is -0.480 e. The third-order valence-corrected chi connectivity index (χ3v) is 1.88. The first kappa shape index (κ1) is 15.8. The molecule has 0 atom stereocenters. The molecule has 0 radical (unpaired) electrons. The number of esters is 1. The number of ether oxygens (including phenoxy) is 2. The van der Waals surface area contributed by atoms with Gasteiger partial charge in [-0.3, -0.25) is 14.6 Å². The topological polar surface area (TPSA) is 77.3 Å². The molecule has 0 heterocycles. The fourth-order valence-electron chi connectivity index (χ4n) is 1.07. The number of aliphatic imine (C=N–C) groups is 2. The van der Waals surface area contributed by atoms with Gasteiger partial charge < -0.3 is 9.47 Å². The average molecular weight is 252 g/mol. The average Bonchev–Trinajstić information content (AvgIpc) is 2.39. The molecule has 0 aromatic heterocycles. The molecule has 0 bridgehead atoms. The summed E-state index contributed by atoms with van der Waals surface area (Å²) in [6, 6.07) is 0. The lowest BCUT2D eigenvalue weighted by Gasteiger charge is -2.02. The Morgan fingerprint density at radius 1 is 1.33 bits per heavy atom. The molecule has 0 aromatic carbocycles. The van der Waals surface area contributed by atoms with Crippen molar-refractivity contribution in [3.63, 3.8) is 0 Å². The van der Waals surface area contributed by atoms with Crippen LogP contribution in [0.1, 0.15) is 12.8 Å². The summed E-state index contributed by atoms with van der Waals surface area (Å²) in [5, 5.41) is 0. The van der Waals surface area contributed by atoms with E-state index in [9.17, 15) is 9.59 Å². The number of carbonyl (C=O) groups is 2. The Balaban J connectivity index is 4.64. The zero-order valence-electron chi connectivity index (χ0n) is 10.5. The first-order valence-corrected chi connectivity index (χ1v) is 5.14. The molecule has 0 aromatic rings. The number of hydrogen-bond acceptors (Lipinski definition) is 5. The van der Waals surface area contributed by atoms with Gasteiger partial charge in [0.1, 0.15) is 0 Å². The van der Waals surface area contributed by atoms with E-state index in [1.807, 2.05) is 0 Å². The Bertz CT molecular complexity index is 384. The highest BCUT2D eigenvalue weighted by molar-refractivity contribution is 5.99. The third kappa shape index (κ3) is 6.37. The molecule has 0 saturated heterocycles. The number of methoxy groups -OCH3 is 2. The molecule has 0 aliphatic rings. The molecule has 0 aliphatic heterocycles. The monoisotopic (exact) mass is 252 g/mol. The zero-order chi connectivity index (χ0) is 13.8. The molecule has 0 saturated carbocycles. The van der Waals surface area contributed by atoms with E-state index in [0.717, 1.165) is 0 Å². The van der Waals surface area contributed by atoms with Crippen molar-refractivity contribution >= 4 is 25.0 Å². The van der Waals surface area contributed by atoms with Gasteiger partial charge in [0.25, 0.3) is 0 Å². The molecule has 6 nitrogen and oxygen atoms in total. The van der Waals surface area contributed by atoms with Crippen molar-refractivity contribution in [1.29, 1.82) is 0 Å². The van der Waals surface area contributed by atoms with Gasteiger partial charge in [-0.05, 0) is 13.1 Å². The number of nitrogens with zero attached hydrogens (tertiary/aromatic N) is 2. The molecule has 0 unspecified atom stereocenters. The van der Waals surface area contributed by atoms with Gasteiger partial charge in [-0.1, -0.05) is 12.2 Å². The zero-order valence-corrected chi connectivity index (χ0v) is 10.5. The highest BCUT2D eigenvalue weighted by Crippen LogP contribution is 2.04. The van der Waals surface area contributed by atoms with Gasteiger partial charge in [-0.15, -0.1) is 0 Å². The van der Waals surface area contributed by atoms with E-state index in [1.165, 1.54) is 20.4 Å². The summed E-state index contributed by atoms with van der Waals surface area (Å²) < 4.78 is 9.43. The van der Waals surface area contributed by atoms with Crippen molar-refractivity contribution in [2.75, 3.05) is 14.2 Å². The van der Waals surface area contributed by atoms with Crippen LogP contribution < -0.4 is 0 Å². The van der Waals surface area contributed by atoms with Crippen molar-refractivity contribution in [3.8, 4) is 0 Å². The Hall–Kier alpha value is -2.24. The van der Waals surface area contributed by atoms with Gasteiger partial charge >= 0.3 is 5.97 Å². The Morgan fingerprint density at radius 2 is 2.06 bits per heavy atom. The van der Waals surface area contributed by atoms with Gasteiger partial charge in [0.2, 0.25) is 12.3 Å². The standard InChI is InChI=1S/C12H16N2O4/c1-13-8-10(12(18-3)14-9-15)6-4-5-7-11(16)17-2/h4,6,8-9H,1,5,7H2,2-3H3/b6-4+,10-8-,14-12+. The Morgan fingerprint density at radius 3 is 2.56 bits per heavy atom. The van der Waals surface area contributed by atoms with E-state index < -0.39 is 0 Å². The van der Waals surface area contributed by atoms with Crippen LogP contribution in [0.25, 0.3) is 0 Å². The maximum atomic E-state index is 10.9. The SMILES string of the molecule is C=N/C=C(/C=C/CCC(=O)OC)C(=N/C=O)\OC. The smallest absolute Gasteiger partial charge is 0.305 e. The largest absolute Gasteiger partial charge is 0.480 e. The maximum absolute atomic E-state index is 10.9. The quantitative estimate of drug-likeness (QED) is 0.225. The van der Waals surface area contributed by atoms with E-state index >= 15 is 0 Å². The summed E-state index contributed by atoms with van der Waals surface area (Å²) in [6.45, 7) is 3.31. The molecule has 0 aliphatic carbocycles. The highest BCUT2D eigenvalue weighted by Gasteiger charge is 2.03. The molecule has 1 amide bonds. The second-order valence-electron chi connectivity index (χ2n) is 3.03. The summed E-state index contributed by atoms with van der Waals surface area (Å²) in [7, 11) is 2.72. The Labute approximate surface area is 106 Å². The summed E-state index contributed by atoms with van der Waals surface area (Å²) >= 11 is 0. The van der Waals surface area contributed by atoms with Crippen LogP contribution in [0.4, 0.5) is 0 Å². The van der Waals surface area contributed by atoms with Crippen LogP contribution in [0.3, 0.4) is 0 Å². The van der Waals surface area contributed by atoms with Gasteiger partial charge in [0.15, 0.2) is 0 Å². The maximum Gasteiger partial charge on any atom is 0.305 e. The second kappa shape index (κ2) is 9.95. The van der Waals surface area contributed by atoms with Crippen LogP contribution >= 0.6 is 0 Å². The van der Waals surface area contributed by atoms with E-state index in [4.69, 9.17) is 4.74 Å². The molecule has 0 spiro atoms. The van der Waals surface area contributed by atoms with Crippen LogP contribution in [-0.2, 0) is 19.1 Å². The number of carbonyl (C=O) groups excluding carboxylic acids is 2. The lowest BCUT2D eigenvalue weighted by atomic mass is 10.2.